The van der Waals surface area contributed by atoms with Crippen LogP contribution in [0.25, 0.3) is 0 Å². The van der Waals surface area contributed by atoms with Crippen LogP contribution in [0.3, 0.4) is 0 Å². The zero-order valence-electron chi connectivity index (χ0n) is 10.5. The SMILES string of the molecule is CCOC(C)(C)CNc1ncccc1C(N)=O. The maximum Gasteiger partial charge on any atom is 0.252 e. The number of nitrogens with zero attached hydrogens (tertiary/aromatic N) is 1. The maximum absolute atomic E-state index is 11.2. The quantitative estimate of drug-likeness (QED) is 0.784. The lowest BCUT2D eigenvalue weighted by molar-refractivity contribution is 0.000622. The van der Waals surface area contributed by atoms with E-state index in [9.17, 15) is 4.79 Å². The first-order chi connectivity index (χ1) is 7.96. The van der Waals surface area contributed by atoms with Crippen molar-refractivity contribution in [3.63, 3.8) is 0 Å². The number of anilines is 1. The van der Waals surface area contributed by atoms with Crippen LogP contribution < -0.4 is 11.1 Å². The largest absolute Gasteiger partial charge is 0.374 e. The fraction of sp³-hybridized carbons (Fsp3) is 0.500. The Morgan fingerprint density at radius 3 is 2.88 bits per heavy atom. The molecule has 0 spiro atoms. The first kappa shape index (κ1) is 13.4. The molecule has 1 aromatic heterocycles. The monoisotopic (exact) mass is 237 g/mol. The molecule has 1 aromatic rings. The van der Waals surface area contributed by atoms with E-state index in [1.807, 2.05) is 20.8 Å². The van der Waals surface area contributed by atoms with E-state index in [2.05, 4.69) is 10.3 Å². The fourth-order valence-corrected chi connectivity index (χ4v) is 1.48. The number of amides is 1. The summed E-state index contributed by atoms with van der Waals surface area (Å²) < 4.78 is 5.54. The van der Waals surface area contributed by atoms with Gasteiger partial charge in [0.2, 0.25) is 0 Å². The van der Waals surface area contributed by atoms with Gasteiger partial charge in [0.15, 0.2) is 0 Å². The van der Waals surface area contributed by atoms with E-state index < -0.39 is 5.91 Å². The van der Waals surface area contributed by atoms with Gasteiger partial charge in [-0.05, 0) is 32.9 Å². The van der Waals surface area contributed by atoms with Crippen molar-refractivity contribution in [1.82, 2.24) is 4.98 Å². The molecule has 1 amide bonds. The number of nitrogens with two attached hydrogens (primary N) is 1. The highest BCUT2D eigenvalue weighted by Gasteiger charge is 2.18. The van der Waals surface area contributed by atoms with Gasteiger partial charge in [-0.25, -0.2) is 4.98 Å². The van der Waals surface area contributed by atoms with E-state index in [0.29, 0.717) is 24.5 Å². The molecule has 0 aliphatic carbocycles. The molecule has 0 bridgehead atoms. The molecule has 94 valence electrons. The molecule has 0 atom stereocenters. The third kappa shape index (κ3) is 4.03. The van der Waals surface area contributed by atoms with E-state index in [4.69, 9.17) is 10.5 Å². The molecule has 1 rings (SSSR count). The zero-order valence-corrected chi connectivity index (χ0v) is 10.5. The highest BCUT2D eigenvalue weighted by atomic mass is 16.5. The lowest BCUT2D eigenvalue weighted by atomic mass is 10.1. The average Bonchev–Trinajstić information content (AvgIpc) is 2.27. The van der Waals surface area contributed by atoms with Gasteiger partial charge in [-0.3, -0.25) is 4.79 Å². The Kier molecular flexibility index (Phi) is 4.45. The first-order valence-corrected chi connectivity index (χ1v) is 5.59. The number of nitrogens with one attached hydrogen (secondary N) is 1. The summed E-state index contributed by atoms with van der Waals surface area (Å²) in [6, 6.07) is 3.32. The molecular weight excluding hydrogens is 218 g/mol. The molecule has 5 heteroatoms. The van der Waals surface area contributed by atoms with E-state index in [1.165, 1.54) is 0 Å². The fourth-order valence-electron chi connectivity index (χ4n) is 1.48. The summed E-state index contributed by atoms with van der Waals surface area (Å²) in [4.78, 5) is 15.3. The minimum atomic E-state index is -0.491. The second-order valence-electron chi connectivity index (χ2n) is 4.31. The zero-order chi connectivity index (χ0) is 12.9. The number of aromatic nitrogens is 1. The van der Waals surface area contributed by atoms with Crippen LogP contribution in [0, 0.1) is 0 Å². The summed E-state index contributed by atoms with van der Waals surface area (Å²) in [5.41, 5.74) is 5.33. The number of carbonyl (C=O) groups excluding carboxylic acids is 1. The van der Waals surface area contributed by atoms with Gasteiger partial charge in [-0.2, -0.15) is 0 Å². The molecular formula is C12H19N3O2. The van der Waals surface area contributed by atoms with Crippen molar-refractivity contribution in [1.29, 1.82) is 0 Å². The number of rotatable bonds is 6. The van der Waals surface area contributed by atoms with Crippen LogP contribution >= 0.6 is 0 Å². The Morgan fingerprint density at radius 1 is 1.59 bits per heavy atom. The lowest BCUT2D eigenvalue weighted by Gasteiger charge is -2.25. The van der Waals surface area contributed by atoms with E-state index in [-0.39, 0.29) is 5.60 Å². The van der Waals surface area contributed by atoms with Crippen molar-refractivity contribution in [3.8, 4) is 0 Å². The highest BCUT2D eigenvalue weighted by Crippen LogP contribution is 2.14. The predicted octanol–water partition coefficient (Wildman–Crippen LogP) is 1.41. The van der Waals surface area contributed by atoms with Crippen molar-refractivity contribution < 1.29 is 9.53 Å². The summed E-state index contributed by atoms with van der Waals surface area (Å²) in [6.45, 7) is 7.07. The van der Waals surface area contributed by atoms with E-state index in [0.717, 1.165) is 0 Å². The first-order valence-electron chi connectivity index (χ1n) is 5.59. The smallest absolute Gasteiger partial charge is 0.252 e. The molecule has 17 heavy (non-hydrogen) atoms. The molecule has 3 N–H and O–H groups in total. The number of ether oxygens (including phenoxy) is 1. The summed E-state index contributed by atoms with van der Waals surface area (Å²) in [5, 5.41) is 3.08. The molecule has 1 heterocycles. The molecule has 0 aliphatic rings. The van der Waals surface area contributed by atoms with Crippen LogP contribution in [0.5, 0.6) is 0 Å². The Bertz CT molecular complexity index is 391. The molecule has 0 radical (unpaired) electrons. The van der Waals surface area contributed by atoms with Crippen molar-refractivity contribution in [2.24, 2.45) is 5.73 Å². The Balaban J connectivity index is 2.72. The minimum Gasteiger partial charge on any atom is -0.374 e. The molecule has 0 aliphatic heterocycles. The van der Waals surface area contributed by atoms with Crippen LogP contribution in [0.4, 0.5) is 5.82 Å². The van der Waals surface area contributed by atoms with Gasteiger partial charge in [0.05, 0.1) is 11.2 Å². The number of primary amides is 1. The molecule has 0 fully saturated rings. The van der Waals surface area contributed by atoms with Crippen molar-refractivity contribution in [2.45, 2.75) is 26.4 Å². The predicted molar refractivity (Wildman–Crippen MR) is 66.9 cm³/mol. The molecule has 0 aromatic carbocycles. The van der Waals surface area contributed by atoms with Crippen LogP contribution in [-0.4, -0.2) is 29.6 Å². The summed E-state index contributed by atoms with van der Waals surface area (Å²) >= 11 is 0. The summed E-state index contributed by atoms with van der Waals surface area (Å²) in [7, 11) is 0. The van der Waals surface area contributed by atoms with Gasteiger partial charge in [0.1, 0.15) is 5.82 Å². The van der Waals surface area contributed by atoms with E-state index >= 15 is 0 Å². The Hall–Kier alpha value is -1.62. The van der Waals surface area contributed by atoms with Gasteiger partial charge in [0, 0.05) is 19.3 Å². The van der Waals surface area contributed by atoms with Crippen LogP contribution in [0.15, 0.2) is 18.3 Å². The van der Waals surface area contributed by atoms with Gasteiger partial charge >= 0.3 is 0 Å². The normalized spacial score (nSPS) is 11.2. The number of pyridine rings is 1. The topological polar surface area (TPSA) is 77.2 Å². The number of carbonyl (C=O) groups is 1. The summed E-state index contributed by atoms with van der Waals surface area (Å²) in [5.74, 6) is 0.00240. The molecule has 0 saturated carbocycles. The highest BCUT2D eigenvalue weighted by molar-refractivity contribution is 5.97. The van der Waals surface area contributed by atoms with Gasteiger partial charge in [-0.1, -0.05) is 0 Å². The van der Waals surface area contributed by atoms with Crippen molar-refractivity contribution in [3.05, 3.63) is 23.9 Å². The second kappa shape index (κ2) is 5.63. The Morgan fingerprint density at radius 2 is 2.29 bits per heavy atom. The van der Waals surface area contributed by atoms with Crippen LogP contribution in [0.1, 0.15) is 31.1 Å². The van der Waals surface area contributed by atoms with Gasteiger partial charge in [0.25, 0.3) is 5.91 Å². The summed E-state index contributed by atoms with van der Waals surface area (Å²) in [6.07, 6.45) is 1.61. The second-order valence-corrected chi connectivity index (χ2v) is 4.31. The molecule has 0 saturated heterocycles. The van der Waals surface area contributed by atoms with Crippen molar-refractivity contribution in [2.75, 3.05) is 18.5 Å². The van der Waals surface area contributed by atoms with E-state index in [1.54, 1.807) is 18.3 Å². The molecule has 5 nitrogen and oxygen atoms in total. The maximum atomic E-state index is 11.2. The number of hydrogen-bond donors (Lipinski definition) is 2. The Labute approximate surface area is 101 Å². The standard InChI is InChI=1S/C12H19N3O2/c1-4-17-12(2,3)8-15-11-9(10(13)16)6-5-7-14-11/h5-7H,4,8H2,1-3H3,(H2,13,16)(H,14,15). The average molecular weight is 237 g/mol. The lowest BCUT2D eigenvalue weighted by Crippen LogP contribution is -2.34. The number of hydrogen-bond acceptors (Lipinski definition) is 4. The third-order valence-electron chi connectivity index (χ3n) is 2.29. The van der Waals surface area contributed by atoms with Crippen molar-refractivity contribution >= 4 is 11.7 Å². The van der Waals surface area contributed by atoms with Gasteiger partial charge in [-0.15, -0.1) is 0 Å². The minimum absolute atomic E-state index is 0.318. The van der Waals surface area contributed by atoms with Crippen LogP contribution in [-0.2, 0) is 4.74 Å². The van der Waals surface area contributed by atoms with Crippen LogP contribution in [0.2, 0.25) is 0 Å². The molecule has 0 unspecified atom stereocenters. The van der Waals surface area contributed by atoms with Gasteiger partial charge < -0.3 is 15.8 Å². The third-order valence-corrected chi connectivity index (χ3v) is 2.29.